The van der Waals surface area contributed by atoms with E-state index < -0.39 is 11.8 Å². The smallest absolute Gasteiger partial charge is 0.248 e. The minimum absolute atomic E-state index is 0.338. The van der Waals surface area contributed by atoms with Crippen LogP contribution < -0.4 is 21.3 Å². The van der Waals surface area contributed by atoms with Crippen LogP contribution in [0.3, 0.4) is 0 Å². The number of hydrogen-bond acceptors (Lipinski definition) is 4. The molecule has 262 valence electrons. The van der Waals surface area contributed by atoms with Crippen molar-refractivity contribution < 1.29 is 14.2 Å². The lowest BCUT2D eigenvalue weighted by Gasteiger charge is -2.29. The second-order valence-corrected chi connectivity index (χ2v) is 14.9. The molecule has 4 aromatic rings. The average Bonchev–Trinajstić information content (AvgIpc) is 3.68. The number of allylic oxidation sites excluding steroid dienone is 7. The number of nitrogens with two attached hydrogens (primary N) is 2. The van der Waals surface area contributed by atoms with Crippen molar-refractivity contribution in [2.24, 2.45) is 11.5 Å². The minimum atomic E-state index is -0.423. The van der Waals surface area contributed by atoms with E-state index in [0.29, 0.717) is 11.1 Å². The molecule has 3 aliphatic rings. The number of benzene rings is 4. The second kappa shape index (κ2) is 13.0. The molecule has 0 fully saturated rings. The van der Waals surface area contributed by atoms with E-state index in [-0.39, 0.29) is 10.8 Å². The third-order valence-corrected chi connectivity index (χ3v) is 11.0. The third-order valence-electron chi connectivity index (χ3n) is 11.0. The van der Waals surface area contributed by atoms with Crippen LogP contribution in [0.1, 0.15) is 72.4 Å². The van der Waals surface area contributed by atoms with Crippen molar-refractivity contribution in [1.29, 1.82) is 0 Å². The van der Waals surface area contributed by atoms with E-state index in [1.807, 2.05) is 36.4 Å². The van der Waals surface area contributed by atoms with Gasteiger partial charge in [0.1, 0.15) is 7.05 Å². The monoisotopic (exact) mass is 688 g/mol. The quantitative estimate of drug-likeness (QED) is 0.181. The fourth-order valence-corrected chi connectivity index (χ4v) is 8.22. The van der Waals surface area contributed by atoms with Crippen molar-refractivity contribution in [2.45, 2.75) is 51.4 Å². The van der Waals surface area contributed by atoms with Gasteiger partial charge < -0.3 is 21.3 Å². The Balaban J connectivity index is 1.36. The number of fused-ring (bicyclic) bond motifs is 2. The molecule has 2 aliphatic heterocycles. The zero-order valence-corrected chi connectivity index (χ0v) is 30.8. The molecule has 4 N–H and O–H groups in total. The Morgan fingerprint density at radius 2 is 1.31 bits per heavy atom. The van der Waals surface area contributed by atoms with Gasteiger partial charge >= 0.3 is 0 Å². The Morgan fingerprint density at radius 3 is 1.90 bits per heavy atom. The fraction of sp³-hybridized carbons (Fsp3) is 0.222. The summed E-state index contributed by atoms with van der Waals surface area (Å²) < 4.78 is 2.22. The molecule has 1 aliphatic carbocycles. The number of para-hydroxylation sites is 2. The number of primary amides is 2. The standard InChI is InChI=1S/C45H45N5O2/c1-44(2)35-27-31(42(46)51)19-23-37(35)48(5)39(44)25-21-29-17-18-30(41(29)50(33-13-9-7-10-14-33)34-15-11-8-12-16-34)22-26-40-45(3,4)36-28-32(43(47)52)20-24-38(36)49(40)6/h7-16,19-28H,17-18H2,1-6H3,(H3-,46,47,51,52)/p+1. The van der Waals surface area contributed by atoms with E-state index in [0.717, 1.165) is 63.8 Å². The zero-order valence-electron chi connectivity index (χ0n) is 30.8. The van der Waals surface area contributed by atoms with Crippen molar-refractivity contribution in [2.75, 3.05) is 23.9 Å². The van der Waals surface area contributed by atoms with Crippen LogP contribution in [0.2, 0.25) is 0 Å². The van der Waals surface area contributed by atoms with Crippen molar-refractivity contribution in [3.63, 3.8) is 0 Å². The first-order valence-electron chi connectivity index (χ1n) is 17.8. The largest absolute Gasteiger partial charge is 0.366 e. The first-order valence-corrected chi connectivity index (χ1v) is 17.8. The number of carbonyl (C=O) groups is 2. The summed E-state index contributed by atoms with van der Waals surface area (Å²) in [4.78, 5) is 28.7. The van der Waals surface area contributed by atoms with Gasteiger partial charge in [-0.25, -0.2) is 0 Å². The summed E-state index contributed by atoms with van der Waals surface area (Å²) in [6.07, 6.45) is 10.8. The lowest BCUT2D eigenvalue weighted by molar-refractivity contribution is -0.401. The molecule has 0 atom stereocenters. The van der Waals surface area contributed by atoms with E-state index in [2.05, 4.69) is 129 Å². The number of hydrogen-bond donors (Lipinski definition) is 2. The lowest BCUT2D eigenvalue weighted by atomic mass is 9.80. The van der Waals surface area contributed by atoms with Crippen molar-refractivity contribution >= 4 is 40.3 Å². The van der Waals surface area contributed by atoms with Gasteiger partial charge in [0.05, 0.1) is 11.1 Å². The maximum atomic E-state index is 12.1. The van der Waals surface area contributed by atoms with E-state index in [9.17, 15) is 9.59 Å². The number of rotatable bonds is 8. The van der Waals surface area contributed by atoms with Crippen LogP contribution in [0.4, 0.5) is 22.7 Å². The molecule has 0 radical (unpaired) electrons. The SMILES string of the molecule is CN1/C(=C/C=C2\CCC(/C=C/C3=[N+](C)c4ccc(C(N)=O)cc4C3(C)C)=C2N(c2ccccc2)c2ccccc2)C(C)(C)c2cc(C(N)=O)ccc21. The molecule has 2 amide bonds. The van der Waals surface area contributed by atoms with Gasteiger partial charge in [0.2, 0.25) is 17.5 Å². The van der Waals surface area contributed by atoms with Crippen LogP contribution in [0.5, 0.6) is 0 Å². The Labute approximate surface area is 306 Å². The first-order chi connectivity index (χ1) is 24.8. The van der Waals surface area contributed by atoms with Crippen LogP contribution in [-0.4, -0.2) is 36.2 Å². The Morgan fingerprint density at radius 1 is 0.731 bits per heavy atom. The summed E-state index contributed by atoms with van der Waals surface area (Å²) in [6.45, 7) is 8.80. The maximum Gasteiger partial charge on any atom is 0.248 e. The Bertz CT molecular complexity index is 2230. The van der Waals surface area contributed by atoms with Crippen molar-refractivity contribution in [1.82, 2.24) is 0 Å². The number of anilines is 3. The van der Waals surface area contributed by atoms with Crippen LogP contribution in [0, 0.1) is 0 Å². The van der Waals surface area contributed by atoms with Gasteiger partial charge in [0.25, 0.3) is 0 Å². The van der Waals surface area contributed by atoms with Crippen LogP contribution in [0.25, 0.3) is 0 Å². The highest BCUT2D eigenvalue weighted by Gasteiger charge is 2.43. The van der Waals surface area contributed by atoms with Gasteiger partial charge in [-0.2, -0.15) is 4.58 Å². The van der Waals surface area contributed by atoms with Gasteiger partial charge in [-0.15, -0.1) is 0 Å². The predicted octanol–water partition coefficient (Wildman–Crippen LogP) is 8.57. The van der Waals surface area contributed by atoms with Gasteiger partial charge in [-0.3, -0.25) is 9.59 Å². The summed E-state index contributed by atoms with van der Waals surface area (Å²) in [7, 11) is 4.17. The number of likely N-dealkylation sites (N-methyl/N-ethyl adjacent to an activating group) is 1. The molecule has 0 saturated heterocycles. The molecule has 7 nitrogen and oxygen atoms in total. The highest BCUT2D eigenvalue weighted by Crippen LogP contribution is 2.48. The highest BCUT2D eigenvalue weighted by atomic mass is 16.1. The highest BCUT2D eigenvalue weighted by molar-refractivity contribution is 6.04. The van der Waals surface area contributed by atoms with Crippen molar-refractivity contribution in [3.05, 3.63) is 166 Å². The second-order valence-electron chi connectivity index (χ2n) is 14.9. The van der Waals surface area contributed by atoms with E-state index >= 15 is 0 Å². The maximum absolute atomic E-state index is 12.1. The Kier molecular flexibility index (Phi) is 8.61. The summed E-state index contributed by atoms with van der Waals surface area (Å²) in [5.74, 6) is -0.845. The van der Waals surface area contributed by atoms with Gasteiger partial charge in [0.15, 0.2) is 5.71 Å². The van der Waals surface area contributed by atoms with E-state index in [1.54, 1.807) is 12.1 Å². The van der Waals surface area contributed by atoms with E-state index in [4.69, 9.17) is 11.5 Å². The lowest BCUT2D eigenvalue weighted by Crippen LogP contribution is -2.27. The normalized spacial score (nSPS) is 18.8. The molecule has 7 heteroatoms. The molecule has 52 heavy (non-hydrogen) atoms. The summed E-state index contributed by atoms with van der Waals surface area (Å²) in [6, 6.07) is 32.5. The van der Waals surface area contributed by atoms with Gasteiger partial charge in [-0.05, 0) is 104 Å². The molecule has 2 heterocycles. The summed E-state index contributed by atoms with van der Waals surface area (Å²) in [5, 5.41) is 0. The van der Waals surface area contributed by atoms with Crippen molar-refractivity contribution in [3.8, 4) is 0 Å². The van der Waals surface area contributed by atoms with Gasteiger partial charge in [0, 0.05) is 64.1 Å². The van der Waals surface area contributed by atoms with Crippen LogP contribution in [0.15, 0.2) is 144 Å². The molecule has 0 spiro atoms. The molecule has 0 bridgehead atoms. The molecular formula is C45H46N5O2+. The van der Waals surface area contributed by atoms with Gasteiger partial charge in [-0.1, -0.05) is 62.4 Å². The summed E-state index contributed by atoms with van der Waals surface area (Å²) in [5.41, 5.74) is 24.1. The molecule has 7 rings (SSSR count). The third kappa shape index (κ3) is 5.76. The minimum Gasteiger partial charge on any atom is -0.366 e. The molecule has 0 saturated carbocycles. The zero-order chi connectivity index (χ0) is 36.9. The summed E-state index contributed by atoms with van der Waals surface area (Å²) >= 11 is 0. The van der Waals surface area contributed by atoms with Crippen LogP contribution >= 0.6 is 0 Å². The fourth-order valence-electron chi connectivity index (χ4n) is 8.22. The number of amides is 2. The molecule has 4 aromatic carbocycles. The number of carbonyl (C=O) groups excluding carboxylic acids is 2. The first kappa shape index (κ1) is 34.5. The van der Waals surface area contributed by atoms with E-state index in [1.165, 1.54) is 11.1 Å². The molecule has 0 unspecified atom stereocenters. The number of nitrogens with zero attached hydrogens (tertiary/aromatic N) is 3. The van der Waals surface area contributed by atoms with Crippen LogP contribution in [-0.2, 0) is 10.8 Å². The average molecular weight is 689 g/mol. The topological polar surface area (TPSA) is 95.7 Å². The molecular weight excluding hydrogens is 643 g/mol. The predicted molar refractivity (Wildman–Crippen MR) is 212 cm³/mol. The Hall–Kier alpha value is -5.95. The molecule has 0 aromatic heterocycles.